The van der Waals surface area contributed by atoms with Gasteiger partial charge in [0.2, 0.25) is 23.6 Å². The van der Waals surface area contributed by atoms with E-state index in [0.29, 0.717) is 45.1 Å². The van der Waals surface area contributed by atoms with E-state index >= 15 is 0 Å². The van der Waals surface area contributed by atoms with Gasteiger partial charge in [0.05, 0.1) is 18.1 Å². The van der Waals surface area contributed by atoms with Gasteiger partial charge in [-0.1, -0.05) is 91.6 Å². The summed E-state index contributed by atoms with van der Waals surface area (Å²) in [4.78, 5) is 112. The standard InChI is InChI=1S/C49H76N6O11/c1-12-32(6)37(29-38(65-10)47(61)54-27-19-22-36(54)44(66-11)33(7)45(59)50-35(49(63)64)28-34-20-15-13-16-21-34)52(8)48(62)42(30(2)3)51-46(60)43(31(4)5)53(9)39(56)23-17-14-18-26-55-40(57)24-25-41(55)58/h13,15-16,20-21,24-25,30-33,35-38,42-44H,12,14,17-19,22-23,26-29H2,1-11H3,(H,50,59)(H,51,60)(H,63,64)/t32-,33+,35?,36?,37-,38?,42?,43?,44+/m0/s1. The summed E-state index contributed by atoms with van der Waals surface area (Å²) < 4.78 is 11.8. The molecule has 0 saturated carbocycles. The summed E-state index contributed by atoms with van der Waals surface area (Å²) in [6, 6.07) is 5.05. The first-order chi connectivity index (χ1) is 31.2. The van der Waals surface area contributed by atoms with Crippen molar-refractivity contribution < 1.29 is 52.9 Å². The molecule has 368 valence electrons. The second kappa shape index (κ2) is 26.2. The molecule has 2 heterocycles. The maximum Gasteiger partial charge on any atom is 0.326 e. The molecule has 3 N–H and O–H groups in total. The van der Waals surface area contributed by atoms with E-state index in [1.165, 1.54) is 36.2 Å². The fourth-order valence-electron chi connectivity index (χ4n) is 9.12. The smallest absolute Gasteiger partial charge is 0.326 e. The number of ether oxygens (including phenoxy) is 2. The van der Waals surface area contributed by atoms with Crippen molar-refractivity contribution in [2.24, 2.45) is 23.7 Å². The molecule has 0 bridgehead atoms. The minimum atomic E-state index is -1.16. The van der Waals surface area contributed by atoms with E-state index in [2.05, 4.69) is 10.6 Å². The molecular weight excluding hydrogens is 849 g/mol. The summed E-state index contributed by atoms with van der Waals surface area (Å²) >= 11 is 0. The van der Waals surface area contributed by atoms with Gasteiger partial charge in [0, 0.05) is 78.9 Å². The maximum atomic E-state index is 14.5. The summed E-state index contributed by atoms with van der Waals surface area (Å²) in [6.45, 7) is 13.7. The van der Waals surface area contributed by atoms with Gasteiger partial charge in [0.15, 0.2) is 0 Å². The summed E-state index contributed by atoms with van der Waals surface area (Å²) in [7, 11) is 6.17. The molecule has 7 amide bonds. The van der Waals surface area contributed by atoms with Crippen molar-refractivity contribution in [1.82, 2.24) is 30.2 Å². The van der Waals surface area contributed by atoms with Crippen molar-refractivity contribution in [3.05, 3.63) is 48.0 Å². The highest BCUT2D eigenvalue weighted by Gasteiger charge is 2.44. The quantitative estimate of drug-likeness (QED) is 0.0853. The number of aliphatic carboxylic acids is 1. The number of likely N-dealkylation sites (tertiary alicyclic amines) is 1. The van der Waals surface area contributed by atoms with Crippen LogP contribution in [-0.2, 0) is 54.3 Å². The summed E-state index contributed by atoms with van der Waals surface area (Å²) in [5.41, 5.74) is 0.761. The van der Waals surface area contributed by atoms with Crippen LogP contribution in [-0.4, -0.2) is 156 Å². The Bertz CT molecular complexity index is 1840. The van der Waals surface area contributed by atoms with Gasteiger partial charge in [-0.15, -0.1) is 0 Å². The van der Waals surface area contributed by atoms with Crippen molar-refractivity contribution in [3.63, 3.8) is 0 Å². The Balaban J connectivity index is 1.71. The number of carbonyl (C=O) groups is 8. The summed E-state index contributed by atoms with van der Waals surface area (Å²) in [5, 5.41) is 15.6. The third-order valence-electron chi connectivity index (χ3n) is 13.3. The lowest BCUT2D eigenvalue weighted by molar-refractivity contribution is -0.151. The fraction of sp³-hybridized carbons (Fsp3) is 0.673. The highest BCUT2D eigenvalue weighted by molar-refractivity contribution is 6.12. The van der Waals surface area contributed by atoms with E-state index in [-0.39, 0.29) is 73.1 Å². The number of likely N-dealkylation sites (N-methyl/N-ethyl adjacent to an activating group) is 2. The lowest BCUT2D eigenvalue weighted by atomic mass is 9.90. The van der Waals surface area contributed by atoms with Crippen LogP contribution in [0, 0.1) is 23.7 Å². The van der Waals surface area contributed by atoms with Gasteiger partial charge < -0.3 is 39.9 Å². The van der Waals surface area contributed by atoms with E-state index in [4.69, 9.17) is 9.47 Å². The molecule has 3 rings (SSSR count). The summed E-state index contributed by atoms with van der Waals surface area (Å²) in [6.07, 6.45) is 4.71. The molecule has 1 aromatic carbocycles. The van der Waals surface area contributed by atoms with Crippen molar-refractivity contribution in [1.29, 1.82) is 0 Å². The van der Waals surface area contributed by atoms with Crippen LogP contribution in [0.5, 0.6) is 0 Å². The average molecular weight is 925 g/mol. The van der Waals surface area contributed by atoms with Crippen molar-refractivity contribution in [3.8, 4) is 0 Å². The van der Waals surface area contributed by atoms with E-state index < -0.39 is 66.1 Å². The molecule has 0 aromatic heterocycles. The van der Waals surface area contributed by atoms with Crippen molar-refractivity contribution in [2.75, 3.05) is 41.4 Å². The van der Waals surface area contributed by atoms with Crippen LogP contribution >= 0.6 is 0 Å². The number of nitrogens with zero attached hydrogens (tertiary/aromatic N) is 4. The largest absolute Gasteiger partial charge is 0.480 e. The number of unbranched alkanes of at least 4 members (excludes halogenated alkanes) is 2. The van der Waals surface area contributed by atoms with Gasteiger partial charge >= 0.3 is 5.97 Å². The normalized spacial score (nSPS) is 18.7. The number of imide groups is 1. The maximum absolute atomic E-state index is 14.5. The fourth-order valence-corrected chi connectivity index (χ4v) is 9.12. The van der Waals surface area contributed by atoms with Crippen molar-refractivity contribution >= 4 is 47.3 Å². The number of hydrogen-bond donors (Lipinski definition) is 3. The Kier molecular flexibility index (Phi) is 21.9. The van der Waals surface area contributed by atoms with Crippen LogP contribution in [0.1, 0.15) is 105 Å². The predicted octanol–water partition coefficient (Wildman–Crippen LogP) is 3.83. The Morgan fingerprint density at radius 2 is 1.47 bits per heavy atom. The molecule has 1 fully saturated rings. The lowest BCUT2D eigenvalue weighted by Gasteiger charge is -2.39. The zero-order valence-electron chi connectivity index (χ0n) is 41.0. The number of benzene rings is 1. The number of nitrogens with one attached hydrogen (secondary N) is 2. The van der Waals surface area contributed by atoms with E-state index in [9.17, 15) is 43.5 Å². The lowest BCUT2D eigenvalue weighted by Crippen LogP contribution is -2.59. The zero-order valence-corrected chi connectivity index (χ0v) is 41.0. The van der Waals surface area contributed by atoms with Gasteiger partial charge in [-0.05, 0) is 49.0 Å². The zero-order chi connectivity index (χ0) is 49.4. The predicted molar refractivity (Wildman–Crippen MR) is 248 cm³/mol. The van der Waals surface area contributed by atoms with Crippen LogP contribution in [0.15, 0.2) is 42.5 Å². The number of hydrogen-bond acceptors (Lipinski definition) is 10. The van der Waals surface area contributed by atoms with Crippen LogP contribution < -0.4 is 10.6 Å². The number of carbonyl (C=O) groups excluding carboxylic acids is 7. The highest BCUT2D eigenvalue weighted by Crippen LogP contribution is 2.30. The molecule has 0 spiro atoms. The molecule has 2 aliphatic heterocycles. The number of amides is 7. The van der Waals surface area contributed by atoms with Crippen molar-refractivity contribution in [2.45, 2.75) is 149 Å². The molecule has 0 radical (unpaired) electrons. The van der Waals surface area contributed by atoms with Gasteiger partial charge in [-0.3, -0.25) is 38.5 Å². The topological polar surface area (TPSA) is 212 Å². The Hall–Kier alpha value is -5.16. The first-order valence-electron chi connectivity index (χ1n) is 23.5. The minimum Gasteiger partial charge on any atom is -0.480 e. The summed E-state index contributed by atoms with van der Waals surface area (Å²) in [5.74, 6) is -5.24. The third-order valence-corrected chi connectivity index (χ3v) is 13.3. The first kappa shape index (κ1) is 55.2. The van der Waals surface area contributed by atoms with Gasteiger partial charge in [0.25, 0.3) is 17.7 Å². The second-order valence-electron chi connectivity index (χ2n) is 18.6. The number of carboxylic acid groups (broad SMARTS) is 1. The van der Waals surface area contributed by atoms with Crippen LogP contribution in [0.3, 0.4) is 0 Å². The molecule has 2 aliphatic rings. The second-order valence-corrected chi connectivity index (χ2v) is 18.6. The third kappa shape index (κ3) is 14.7. The Morgan fingerprint density at radius 1 is 0.833 bits per heavy atom. The molecule has 17 nitrogen and oxygen atoms in total. The van der Waals surface area contributed by atoms with Gasteiger partial charge in [0.1, 0.15) is 24.2 Å². The SMILES string of the molecule is CC[C@H](C)[C@H](CC(OC)C(=O)N1CCCC1[C@H](OC)[C@@H](C)C(=O)NC(Cc1ccccc1)C(=O)O)N(C)C(=O)C(NC(=O)C(C(C)C)N(C)C(=O)CCCCCN1C(=O)C=CC1=O)C(C)C. The monoisotopic (exact) mass is 925 g/mol. The molecule has 0 aliphatic carbocycles. The molecule has 66 heavy (non-hydrogen) atoms. The number of methoxy groups -OCH3 is 2. The molecule has 5 unspecified atom stereocenters. The first-order valence-corrected chi connectivity index (χ1v) is 23.5. The molecular formula is C49H76N6O11. The Morgan fingerprint density at radius 3 is 2.02 bits per heavy atom. The van der Waals surface area contributed by atoms with Gasteiger partial charge in [-0.25, -0.2) is 4.79 Å². The molecule has 9 atom stereocenters. The van der Waals surface area contributed by atoms with Gasteiger partial charge in [-0.2, -0.15) is 0 Å². The molecule has 1 aromatic rings. The average Bonchev–Trinajstić information content (AvgIpc) is 3.90. The number of carboxylic acids is 1. The molecule has 1 saturated heterocycles. The van der Waals surface area contributed by atoms with Crippen LogP contribution in [0.4, 0.5) is 0 Å². The Labute approximate surface area is 391 Å². The molecule has 17 heteroatoms. The highest BCUT2D eigenvalue weighted by atomic mass is 16.5. The number of rotatable bonds is 27. The van der Waals surface area contributed by atoms with Crippen LogP contribution in [0.25, 0.3) is 0 Å². The van der Waals surface area contributed by atoms with E-state index in [0.717, 1.165) is 5.56 Å². The van der Waals surface area contributed by atoms with E-state index in [1.54, 1.807) is 55.1 Å². The minimum absolute atomic E-state index is 0.0871. The van der Waals surface area contributed by atoms with E-state index in [1.807, 2.05) is 47.6 Å². The van der Waals surface area contributed by atoms with Crippen LogP contribution in [0.2, 0.25) is 0 Å².